The minimum Gasteiger partial charge on any atom is -0.457 e. The van der Waals surface area contributed by atoms with Crippen molar-refractivity contribution in [3.8, 4) is 6.07 Å². The molecule has 0 bridgehead atoms. The van der Waals surface area contributed by atoms with Crippen molar-refractivity contribution in [2.75, 3.05) is 6.61 Å². The average Bonchev–Trinajstić information content (AvgIpc) is 3.56. The first-order valence-corrected chi connectivity index (χ1v) is 16.7. The molecule has 0 aliphatic heterocycles. The Labute approximate surface area is 278 Å². The van der Waals surface area contributed by atoms with Crippen LogP contribution in [0.2, 0.25) is 0 Å². The number of hydrogen-bond donors (Lipinski definition) is 4. The van der Waals surface area contributed by atoms with E-state index >= 15 is 0 Å². The van der Waals surface area contributed by atoms with Gasteiger partial charge in [0.2, 0.25) is 11.4 Å². The van der Waals surface area contributed by atoms with Gasteiger partial charge in [0.1, 0.15) is 23.3 Å². The van der Waals surface area contributed by atoms with E-state index in [2.05, 4.69) is 13.0 Å². The Balaban J connectivity index is 1.25. The predicted octanol–water partition coefficient (Wildman–Crippen LogP) is 4.61. The highest BCUT2D eigenvalue weighted by molar-refractivity contribution is 5.91. The Hall–Kier alpha value is -4.11. The Morgan fingerprint density at radius 3 is 2.77 bits per heavy atom. The first-order chi connectivity index (χ1) is 23.0. The molecule has 0 saturated heterocycles. The van der Waals surface area contributed by atoms with Crippen molar-refractivity contribution in [2.24, 2.45) is 34.0 Å². The number of nitrogens with zero attached hydrogens (tertiary/aromatic N) is 1. The molecule has 8 atom stereocenters. The zero-order chi connectivity index (χ0) is 34.1. The number of benzene rings is 1. The van der Waals surface area contributed by atoms with Gasteiger partial charge in [-0.3, -0.25) is 5.32 Å². The smallest absolute Gasteiger partial charge is 0.375 e. The second-order valence-corrected chi connectivity index (χ2v) is 14.7. The van der Waals surface area contributed by atoms with Gasteiger partial charge in [0.05, 0.1) is 19.0 Å². The Morgan fingerprint density at radius 2 is 2.06 bits per heavy atom. The van der Waals surface area contributed by atoms with Gasteiger partial charge in [-0.05, 0) is 97.8 Å². The predicted molar refractivity (Wildman–Crippen MR) is 169 cm³/mol. The van der Waals surface area contributed by atoms with Crippen LogP contribution in [-0.2, 0) is 20.9 Å². The van der Waals surface area contributed by atoms with Crippen LogP contribution in [0.25, 0.3) is 0 Å². The van der Waals surface area contributed by atoms with Gasteiger partial charge in [-0.15, -0.1) is 0 Å². The lowest BCUT2D eigenvalue weighted by molar-refractivity contribution is -0.513. The summed E-state index contributed by atoms with van der Waals surface area (Å²) in [5.74, 6) is -1.95. The van der Waals surface area contributed by atoms with Gasteiger partial charge < -0.3 is 29.5 Å². The molecule has 1 aromatic heterocycles. The molecule has 5 N–H and O–H groups in total. The van der Waals surface area contributed by atoms with E-state index < -0.39 is 58.9 Å². The molecule has 5 aliphatic carbocycles. The number of nitriles is 1. The number of ether oxygens (including phenoxy) is 2. The van der Waals surface area contributed by atoms with Crippen LogP contribution in [0.1, 0.15) is 74.9 Å². The summed E-state index contributed by atoms with van der Waals surface area (Å²) in [4.78, 5) is 27.5. The number of esters is 2. The maximum Gasteiger partial charge on any atom is 0.375 e. The molecule has 48 heavy (non-hydrogen) atoms. The Morgan fingerprint density at radius 1 is 1.25 bits per heavy atom. The van der Waals surface area contributed by atoms with E-state index in [-0.39, 0.29) is 41.9 Å². The van der Waals surface area contributed by atoms with Gasteiger partial charge in [-0.25, -0.2) is 14.0 Å². The standard InChI is InChI=1S/C37H40FN3O7/c1-34-16-22(19-40)28(41-25-6-8-27(38)21(14-25)20-42)15-23(34)5-7-26-31(34)29(43)18-35(2)36(26)17-24(36)9-10-37(35,33(45)47-13-11-39)48-32(44)30-4-3-12-46-30/h3-4,6,8,12,14-15,19,24,26,29,31,40-43H,5,7,9-10,13,16-18,20H2,1-2H3/p+1/t24?,26?,29-,31?,34-,35-,36?,37-/m0/s1. The third-order valence-corrected chi connectivity index (χ3v) is 12.8. The van der Waals surface area contributed by atoms with E-state index in [1.807, 2.05) is 18.3 Å². The summed E-state index contributed by atoms with van der Waals surface area (Å²) < 4.78 is 31.1. The van der Waals surface area contributed by atoms with Crippen LogP contribution in [-0.4, -0.2) is 46.7 Å². The summed E-state index contributed by atoms with van der Waals surface area (Å²) >= 11 is 0. The molecule has 4 unspecified atom stereocenters. The number of nitrogens with one attached hydrogen (secondary N) is 1. The molecule has 2 aromatic rings. The lowest BCUT2D eigenvalue weighted by Crippen LogP contribution is -2.76. The number of nitrogens with two attached hydrogens (primary N) is 1. The number of carbonyl (C=O) groups is 2. The van der Waals surface area contributed by atoms with E-state index in [1.165, 1.54) is 30.2 Å². The van der Waals surface area contributed by atoms with Crippen molar-refractivity contribution in [1.29, 1.82) is 10.7 Å². The number of furan rings is 1. The highest BCUT2D eigenvalue weighted by Gasteiger charge is 2.83. The summed E-state index contributed by atoms with van der Waals surface area (Å²) in [6, 6.07) is 9.50. The third-order valence-electron chi connectivity index (χ3n) is 12.8. The van der Waals surface area contributed by atoms with E-state index in [0.717, 1.165) is 36.2 Å². The number of aliphatic hydroxyl groups is 2. The largest absolute Gasteiger partial charge is 0.457 e. The summed E-state index contributed by atoms with van der Waals surface area (Å²) in [7, 11) is 0. The number of allylic oxidation sites excluding steroid dienone is 3. The van der Waals surface area contributed by atoms with Crippen molar-refractivity contribution in [2.45, 2.75) is 77.1 Å². The molecule has 252 valence electrons. The van der Waals surface area contributed by atoms with Crippen molar-refractivity contribution in [1.82, 2.24) is 0 Å². The van der Waals surface area contributed by atoms with Crippen LogP contribution in [0.15, 0.2) is 63.9 Å². The first kappa shape index (κ1) is 32.4. The van der Waals surface area contributed by atoms with E-state index in [4.69, 9.17) is 19.3 Å². The van der Waals surface area contributed by atoms with Crippen LogP contribution in [0.3, 0.4) is 0 Å². The van der Waals surface area contributed by atoms with Gasteiger partial charge in [0, 0.05) is 34.9 Å². The minimum atomic E-state index is -1.72. The average molecular weight is 659 g/mol. The molecule has 4 saturated carbocycles. The second-order valence-electron chi connectivity index (χ2n) is 14.7. The van der Waals surface area contributed by atoms with Crippen molar-refractivity contribution in [3.05, 3.63) is 76.7 Å². The maximum absolute atomic E-state index is 14.1. The summed E-state index contributed by atoms with van der Waals surface area (Å²) in [6.07, 6.45) is 7.91. The monoisotopic (exact) mass is 658 g/mol. The molecule has 0 radical (unpaired) electrons. The SMILES string of the molecule is C[C@]12CC(C=N)=C([NH2+]c3ccc(F)c(CO)c3)C=C1CCC1C2[C@@H](O)C[C@@]2(C)C13CC3CC[C@]2(OC(=O)c1ccco1)C(=O)OCC#N. The van der Waals surface area contributed by atoms with Crippen molar-refractivity contribution >= 4 is 23.8 Å². The topological polar surface area (TPSA) is 170 Å². The molecule has 1 heterocycles. The second kappa shape index (κ2) is 11.5. The molecule has 5 aliphatic rings. The number of aliphatic hydroxyl groups excluding tert-OH is 2. The number of rotatable bonds is 8. The summed E-state index contributed by atoms with van der Waals surface area (Å²) in [6.45, 7) is 3.24. The minimum absolute atomic E-state index is 0.00545. The van der Waals surface area contributed by atoms with Gasteiger partial charge in [-0.2, -0.15) is 5.26 Å². The lowest BCUT2D eigenvalue weighted by Gasteiger charge is -2.65. The zero-order valence-electron chi connectivity index (χ0n) is 27.1. The molecule has 11 heteroatoms. The molecular formula is C37H41FN3O7+. The third kappa shape index (κ3) is 4.49. The van der Waals surface area contributed by atoms with Crippen molar-refractivity contribution < 1.29 is 43.4 Å². The highest BCUT2D eigenvalue weighted by atomic mass is 19.1. The molecule has 0 amide bonds. The van der Waals surface area contributed by atoms with E-state index in [1.54, 1.807) is 18.2 Å². The van der Waals surface area contributed by atoms with Crippen LogP contribution >= 0.6 is 0 Å². The number of carbonyl (C=O) groups excluding carboxylic acids is 2. The van der Waals surface area contributed by atoms with Crippen molar-refractivity contribution in [3.63, 3.8) is 0 Å². The molecule has 1 aromatic carbocycles. The first-order valence-electron chi connectivity index (χ1n) is 16.7. The van der Waals surface area contributed by atoms with Gasteiger partial charge >= 0.3 is 11.9 Å². The fourth-order valence-corrected chi connectivity index (χ4v) is 10.7. The van der Waals surface area contributed by atoms with Crippen LogP contribution in [0, 0.1) is 56.6 Å². The van der Waals surface area contributed by atoms with E-state index in [0.29, 0.717) is 12.8 Å². The molecule has 1 spiro atoms. The highest BCUT2D eigenvalue weighted by Crippen LogP contribution is 2.83. The molecular weight excluding hydrogens is 617 g/mol. The number of halogens is 1. The summed E-state index contributed by atoms with van der Waals surface area (Å²) in [5.41, 5.74) is 0.187. The quantitative estimate of drug-likeness (QED) is 0.181. The Kier molecular flexibility index (Phi) is 7.77. The van der Waals surface area contributed by atoms with Gasteiger partial charge in [0.25, 0.3) is 0 Å². The van der Waals surface area contributed by atoms with Gasteiger partial charge in [-0.1, -0.05) is 19.4 Å². The van der Waals surface area contributed by atoms with Crippen LogP contribution < -0.4 is 5.32 Å². The zero-order valence-corrected chi connectivity index (χ0v) is 27.1. The van der Waals surface area contributed by atoms with E-state index in [9.17, 15) is 29.5 Å². The maximum atomic E-state index is 14.1. The Bertz CT molecular complexity index is 1780. The number of fused-ring (bicyclic) bond motifs is 3. The normalized spacial score (nSPS) is 36.3. The fraction of sp³-hybridized carbons (Fsp3) is 0.514. The number of hydrogen-bond acceptors (Lipinski definition) is 9. The fourth-order valence-electron chi connectivity index (χ4n) is 10.7. The molecule has 10 nitrogen and oxygen atoms in total. The molecule has 7 rings (SSSR count). The number of quaternary nitrogens is 1. The van der Waals surface area contributed by atoms with Gasteiger partial charge in [0.15, 0.2) is 6.61 Å². The van der Waals surface area contributed by atoms with Crippen LogP contribution in [0.5, 0.6) is 0 Å². The summed E-state index contributed by atoms with van der Waals surface area (Å²) in [5, 5.41) is 41.4. The lowest BCUT2D eigenvalue weighted by atomic mass is 9.40. The molecule has 4 fully saturated rings. The van der Waals surface area contributed by atoms with Crippen LogP contribution in [0.4, 0.5) is 10.1 Å².